The van der Waals surface area contributed by atoms with E-state index >= 15 is 0 Å². The SMILES string of the molecule is CCCCN1CCn2c(=O)c(C(=O)O)cc3cccc1c32. The van der Waals surface area contributed by atoms with Crippen molar-refractivity contribution in [3.63, 3.8) is 0 Å². The largest absolute Gasteiger partial charge is 0.477 e. The van der Waals surface area contributed by atoms with Crippen LogP contribution < -0.4 is 10.5 Å². The van der Waals surface area contributed by atoms with E-state index in [2.05, 4.69) is 11.8 Å². The van der Waals surface area contributed by atoms with Crippen LogP contribution >= 0.6 is 0 Å². The third kappa shape index (κ3) is 2.18. The minimum atomic E-state index is -1.16. The van der Waals surface area contributed by atoms with E-state index in [9.17, 15) is 14.7 Å². The average Bonchev–Trinajstić information content (AvgIpc) is 2.49. The Labute approximate surface area is 122 Å². The van der Waals surface area contributed by atoms with E-state index in [0.29, 0.717) is 6.54 Å². The van der Waals surface area contributed by atoms with Crippen molar-refractivity contribution in [2.45, 2.75) is 26.3 Å². The summed E-state index contributed by atoms with van der Waals surface area (Å²) in [5.41, 5.74) is 1.33. The maximum Gasteiger partial charge on any atom is 0.341 e. The van der Waals surface area contributed by atoms with Gasteiger partial charge < -0.3 is 14.6 Å². The molecule has 0 amide bonds. The summed E-state index contributed by atoms with van der Waals surface area (Å²) < 4.78 is 1.61. The summed E-state index contributed by atoms with van der Waals surface area (Å²) in [6.07, 6.45) is 2.23. The van der Waals surface area contributed by atoms with Gasteiger partial charge in [-0.05, 0) is 18.6 Å². The lowest BCUT2D eigenvalue weighted by atomic mass is 10.1. The quantitative estimate of drug-likeness (QED) is 0.937. The van der Waals surface area contributed by atoms with Crippen molar-refractivity contribution < 1.29 is 9.90 Å². The molecule has 1 N–H and O–H groups in total. The summed E-state index contributed by atoms with van der Waals surface area (Å²) in [5.74, 6) is -1.16. The number of carbonyl (C=O) groups is 1. The van der Waals surface area contributed by atoms with Gasteiger partial charge in [0.2, 0.25) is 0 Å². The number of aromatic carboxylic acids is 1. The van der Waals surface area contributed by atoms with Gasteiger partial charge in [0.25, 0.3) is 5.56 Å². The number of nitrogens with zero attached hydrogens (tertiary/aromatic N) is 2. The second-order valence-corrected chi connectivity index (χ2v) is 5.38. The number of rotatable bonds is 4. The predicted octanol–water partition coefficient (Wildman–Crippen LogP) is 2.32. The second kappa shape index (κ2) is 5.24. The van der Waals surface area contributed by atoms with Gasteiger partial charge in [-0.2, -0.15) is 0 Å². The predicted molar refractivity (Wildman–Crippen MR) is 82.3 cm³/mol. The van der Waals surface area contributed by atoms with Crippen LogP contribution in [0.1, 0.15) is 30.1 Å². The van der Waals surface area contributed by atoms with Crippen molar-refractivity contribution in [3.05, 3.63) is 40.2 Å². The average molecular weight is 286 g/mol. The Kier molecular flexibility index (Phi) is 3.41. The molecule has 5 heteroatoms. The van der Waals surface area contributed by atoms with Gasteiger partial charge in [-0.15, -0.1) is 0 Å². The van der Waals surface area contributed by atoms with Crippen LogP contribution in [-0.2, 0) is 6.54 Å². The molecule has 0 saturated heterocycles. The van der Waals surface area contributed by atoms with E-state index in [-0.39, 0.29) is 5.56 Å². The van der Waals surface area contributed by atoms with Gasteiger partial charge >= 0.3 is 5.97 Å². The van der Waals surface area contributed by atoms with E-state index < -0.39 is 11.5 Å². The third-order valence-electron chi connectivity index (χ3n) is 4.04. The number of benzene rings is 1. The monoisotopic (exact) mass is 286 g/mol. The smallest absolute Gasteiger partial charge is 0.341 e. The topological polar surface area (TPSA) is 62.5 Å². The Bertz CT molecular complexity index is 764. The van der Waals surface area contributed by atoms with Crippen molar-refractivity contribution in [2.24, 2.45) is 0 Å². The summed E-state index contributed by atoms with van der Waals surface area (Å²) in [7, 11) is 0. The highest BCUT2D eigenvalue weighted by molar-refractivity contribution is 5.97. The van der Waals surface area contributed by atoms with E-state index in [0.717, 1.165) is 42.5 Å². The van der Waals surface area contributed by atoms with Gasteiger partial charge in [0.15, 0.2) is 0 Å². The number of carboxylic acids is 1. The van der Waals surface area contributed by atoms with Gasteiger partial charge in [0, 0.05) is 25.0 Å². The van der Waals surface area contributed by atoms with E-state index in [1.54, 1.807) is 4.57 Å². The van der Waals surface area contributed by atoms with Crippen molar-refractivity contribution in [3.8, 4) is 0 Å². The molecule has 5 nitrogen and oxygen atoms in total. The number of hydrogen-bond donors (Lipinski definition) is 1. The minimum Gasteiger partial charge on any atom is -0.477 e. The zero-order chi connectivity index (χ0) is 15.0. The number of carboxylic acid groups (broad SMARTS) is 1. The maximum atomic E-state index is 12.3. The molecule has 0 atom stereocenters. The summed E-state index contributed by atoms with van der Waals surface area (Å²) >= 11 is 0. The number of para-hydroxylation sites is 1. The zero-order valence-corrected chi connectivity index (χ0v) is 12.0. The van der Waals surface area contributed by atoms with Gasteiger partial charge in [-0.3, -0.25) is 4.79 Å². The first-order valence-corrected chi connectivity index (χ1v) is 7.28. The molecular formula is C16H18N2O3. The Hall–Kier alpha value is -2.30. The highest BCUT2D eigenvalue weighted by atomic mass is 16.4. The van der Waals surface area contributed by atoms with Crippen LogP contribution in [0.5, 0.6) is 0 Å². The molecule has 1 aromatic heterocycles. The molecule has 0 saturated carbocycles. The molecule has 0 aliphatic carbocycles. The Balaban J connectivity index is 2.23. The zero-order valence-electron chi connectivity index (χ0n) is 12.0. The summed E-state index contributed by atoms with van der Waals surface area (Å²) in [6, 6.07) is 7.28. The molecule has 0 bridgehead atoms. The molecule has 0 fully saturated rings. The normalized spacial score (nSPS) is 13.7. The van der Waals surface area contributed by atoms with Crippen molar-refractivity contribution >= 4 is 22.6 Å². The number of hydrogen-bond acceptors (Lipinski definition) is 3. The van der Waals surface area contributed by atoms with Crippen molar-refractivity contribution in [1.29, 1.82) is 0 Å². The lowest BCUT2D eigenvalue weighted by Gasteiger charge is -2.32. The first-order valence-electron chi connectivity index (χ1n) is 7.28. The number of aromatic nitrogens is 1. The highest BCUT2D eigenvalue weighted by Crippen LogP contribution is 2.29. The van der Waals surface area contributed by atoms with Crippen LogP contribution in [0.15, 0.2) is 29.1 Å². The van der Waals surface area contributed by atoms with Crippen LogP contribution in [-0.4, -0.2) is 28.7 Å². The lowest BCUT2D eigenvalue weighted by molar-refractivity contribution is 0.0694. The van der Waals surface area contributed by atoms with Crippen molar-refractivity contribution in [1.82, 2.24) is 4.57 Å². The van der Waals surface area contributed by atoms with Crippen LogP contribution in [0.25, 0.3) is 10.9 Å². The van der Waals surface area contributed by atoms with Gasteiger partial charge in [-0.25, -0.2) is 4.79 Å². The molecule has 1 aliphatic heterocycles. The first-order chi connectivity index (χ1) is 10.1. The molecule has 0 radical (unpaired) electrons. The van der Waals surface area contributed by atoms with Gasteiger partial charge in [0.05, 0.1) is 11.2 Å². The first kappa shape index (κ1) is 13.7. The van der Waals surface area contributed by atoms with Gasteiger partial charge in [-0.1, -0.05) is 25.5 Å². The Morgan fingerprint density at radius 1 is 1.33 bits per heavy atom. The lowest BCUT2D eigenvalue weighted by Crippen LogP contribution is -2.38. The Morgan fingerprint density at radius 2 is 2.14 bits per heavy atom. The second-order valence-electron chi connectivity index (χ2n) is 5.38. The molecule has 1 aliphatic rings. The van der Waals surface area contributed by atoms with Gasteiger partial charge in [0.1, 0.15) is 5.56 Å². The molecule has 21 heavy (non-hydrogen) atoms. The molecule has 0 spiro atoms. The molecular weight excluding hydrogens is 268 g/mol. The summed E-state index contributed by atoms with van der Waals surface area (Å²) in [6.45, 7) is 4.40. The highest BCUT2D eigenvalue weighted by Gasteiger charge is 2.22. The fourth-order valence-corrected chi connectivity index (χ4v) is 2.97. The van der Waals surface area contributed by atoms with Crippen LogP contribution in [0.2, 0.25) is 0 Å². The van der Waals surface area contributed by atoms with E-state index in [4.69, 9.17) is 0 Å². The standard InChI is InChI=1S/C16H18N2O3/c1-2-3-7-17-8-9-18-14-11(5-4-6-13(14)17)10-12(15(18)19)16(20)21/h4-6,10H,2-3,7-9H2,1H3,(H,20,21). The molecule has 2 heterocycles. The van der Waals surface area contributed by atoms with E-state index in [1.807, 2.05) is 18.2 Å². The maximum absolute atomic E-state index is 12.3. The number of anilines is 1. The summed E-state index contributed by atoms with van der Waals surface area (Å²) in [4.78, 5) is 25.8. The van der Waals surface area contributed by atoms with Crippen molar-refractivity contribution in [2.75, 3.05) is 18.0 Å². The molecule has 3 rings (SSSR count). The summed E-state index contributed by atoms with van der Waals surface area (Å²) in [5, 5.41) is 9.99. The molecule has 0 unspecified atom stereocenters. The van der Waals surface area contributed by atoms with Crippen LogP contribution in [0, 0.1) is 0 Å². The van der Waals surface area contributed by atoms with E-state index in [1.165, 1.54) is 6.07 Å². The minimum absolute atomic E-state index is 0.151. The fraction of sp³-hybridized carbons (Fsp3) is 0.375. The Morgan fingerprint density at radius 3 is 2.86 bits per heavy atom. The number of unbranched alkanes of at least 4 members (excludes halogenated alkanes) is 1. The molecule has 1 aromatic carbocycles. The molecule has 2 aromatic rings. The third-order valence-corrected chi connectivity index (χ3v) is 4.04. The fourth-order valence-electron chi connectivity index (χ4n) is 2.97. The number of pyridine rings is 1. The van der Waals surface area contributed by atoms with Crippen LogP contribution in [0.4, 0.5) is 5.69 Å². The molecule has 110 valence electrons. The van der Waals surface area contributed by atoms with Crippen LogP contribution in [0.3, 0.4) is 0 Å².